The van der Waals surface area contributed by atoms with Gasteiger partial charge >= 0.3 is 10.8 Å². The first-order chi connectivity index (χ1) is 15.4. The van der Waals surface area contributed by atoms with Crippen LogP contribution in [0, 0.1) is 36.5 Å². The number of rotatable bonds is 4. The van der Waals surface area contributed by atoms with Gasteiger partial charge in [0.05, 0.1) is 23.3 Å². The molecule has 2 bridgehead atoms. The number of carboxylic acid groups (broad SMARTS) is 1. The fourth-order valence-corrected chi connectivity index (χ4v) is 9.67. The zero-order valence-corrected chi connectivity index (χ0v) is 18.9. The fraction of sp³-hybridized carbons (Fsp3) is 0.478. The minimum absolute atomic E-state index is 0.0216. The summed E-state index contributed by atoms with van der Waals surface area (Å²) in [5, 5.41) is 10.1. The molecule has 2 aliphatic heterocycles. The van der Waals surface area contributed by atoms with E-state index in [0.29, 0.717) is 0 Å². The van der Waals surface area contributed by atoms with Gasteiger partial charge in [-0.25, -0.2) is 0 Å². The number of aromatic nitrogens is 1. The summed E-state index contributed by atoms with van der Waals surface area (Å²) in [5.41, 5.74) is 2.34. The molecule has 7 atom stereocenters. The number of benzene rings is 1. The maximum absolute atomic E-state index is 13.3. The highest BCUT2D eigenvalue weighted by Crippen LogP contribution is 2.68. The van der Waals surface area contributed by atoms with Crippen LogP contribution < -0.4 is 4.87 Å². The number of imide groups is 1. The number of thiazole rings is 1. The number of likely N-dealkylation sites (tertiary alicyclic amines) is 1. The summed E-state index contributed by atoms with van der Waals surface area (Å²) >= 11 is 2.92. The Labute approximate surface area is 192 Å². The summed E-state index contributed by atoms with van der Waals surface area (Å²) in [5.74, 6) is -1.83. The van der Waals surface area contributed by atoms with E-state index < -0.39 is 5.97 Å². The van der Waals surface area contributed by atoms with Gasteiger partial charge in [0.2, 0.25) is 11.8 Å². The van der Waals surface area contributed by atoms with Crippen molar-refractivity contribution >= 4 is 40.9 Å². The van der Waals surface area contributed by atoms with E-state index in [2.05, 4.69) is 24.0 Å². The number of aryl methyl sites for hydroxylation is 1. The Morgan fingerprint density at radius 1 is 1.16 bits per heavy atom. The molecular formula is C23H22N2O5S2. The Morgan fingerprint density at radius 2 is 1.88 bits per heavy atom. The number of hydrogen-bond acceptors (Lipinski definition) is 6. The predicted octanol–water partition coefficient (Wildman–Crippen LogP) is 2.69. The smallest absolute Gasteiger partial charge is 0.305 e. The van der Waals surface area contributed by atoms with Gasteiger partial charge in [0.1, 0.15) is 0 Å². The molecule has 0 spiro atoms. The van der Waals surface area contributed by atoms with Crippen molar-refractivity contribution in [3.8, 4) is 0 Å². The Morgan fingerprint density at radius 3 is 2.59 bits per heavy atom. The zero-order valence-electron chi connectivity index (χ0n) is 17.3. The first kappa shape index (κ1) is 20.2. The third kappa shape index (κ3) is 2.67. The lowest BCUT2D eigenvalue weighted by Gasteiger charge is -2.43. The second-order valence-corrected chi connectivity index (χ2v) is 11.5. The molecule has 32 heavy (non-hydrogen) atoms. The molecule has 3 heterocycles. The van der Waals surface area contributed by atoms with Gasteiger partial charge in [-0.15, -0.1) is 11.8 Å². The van der Waals surface area contributed by atoms with Crippen molar-refractivity contribution in [2.75, 3.05) is 6.54 Å². The standard InChI is InChI=1S/C23H22N2O5S2/c1-9-4-2-3-5-10(9)14-15-11-8-12(18(15)31-20-19(14)32-23(30)24-20)17-16(11)21(28)25(22(17)29)7-6-13(26)27/h2-5,11-12,14-18H,6-8H2,1H3,(H,24,30)(H,26,27)/t11-,12-,14-,15+,16-,17-,18+/m1/s1. The maximum atomic E-state index is 13.3. The molecule has 4 aliphatic rings. The van der Waals surface area contributed by atoms with E-state index in [9.17, 15) is 19.2 Å². The number of nitrogens with zero attached hydrogens (tertiary/aromatic N) is 1. The molecule has 9 heteroatoms. The first-order valence-electron chi connectivity index (χ1n) is 10.9. The SMILES string of the molecule is Cc1ccccc1[C@H]1c2sc(=O)[nH]c2S[C@H]2[C@@H]3C[C@@H]([C@H]4C(=O)N(CCC(=O)O)C(=O)[C@H]34)[C@@H]12. The summed E-state index contributed by atoms with van der Waals surface area (Å²) in [4.78, 5) is 55.0. The number of aliphatic carboxylic acids is 1. The fourth-order valence-electron chi connectivity index (χ4n) is 6.79. The number of aromatic amines is 1. The van der Waals surface area contributed by atoms with Gasteiger partial charge in [0, 0.05) is 22.6 Å². The average molecular weight is 471 g/mol. The highest BCUT2D eigenvalue weighted by atomic mass is 32.2. The molecule has 2 N–H and O–H groups in total. The molecule has 0 radical (unpaired) electrons. The van der Waals surface area contributed by atoms with E-state index in [-0.39, 0.29) is 70.4 Å². The molecule has 166 valence electrons. The third-order valence-corrected chi connectivity index (χ3v) is 10.5. The third-order valence-electron chi connectivity index (χ3n) is 7.89. The Bertz CT molecular complexity index is 1220. The van der Waals surface area contributed by atoms with E-state index in [4.69, 9.17) is 5.11 Å². The summed E-state index contributed by atoms with van der Waals surface area (Å²) in [6, 6.07) is 8.22. The number of hydrogen-bond donors (Lipinski definition) is 2. The summed E-state index contributed by atoms with van der Waals surface area (Å²) in [7, 11) is 0. The van der Waals surface area contributed by atoms with Gasteiger partial charge in [-0.1, -0.05) is 35.6 Å². The number of thioether (sulfide) groups is 1. The average Bonchev–Trinajstić information content (AvgIpc) is 3.46. The van der Waals surface area contributed by atoms with Crippen LogP contribution in [0.2, 0.25) is 0 Å². The van der Waals surface area contributed by atoms with E-state index in [1.54, 1.807) is 11.8 Å². The van der Waals surface area contributed by atoms with Gasteiger partial charge in [0.25, 0.3) is 0 Å². The second kappa shape index (κ2) is 7.05. The van der Waals surface area contributed by atoms with Crippen molar-refractivity contribution < 1.29 is 19.5 Å². The normalized spacial score (nSPS) is 34.5. The van der Waals surface area contributed by atoms with Crippen LogP contribution >= 0.6 is 23.1 Å². The molecular weight excluding hydrogens is 448 g/mol. The molecule has 2 amide bonds. The molecule has 3 fully saturated rings. The monoisotopic (exact) mass is 470 g/mol. The lowest BCUT2D eigenvalue weighted by molar-refractivity contribution is -0.142. The maximum Gasteiger partial charge on any atom is 0.305 e. The number of carbonyl (C=O) groups excluding carboxylic acids is 2. The van der Waals surface area contributed by atoms with Crippen LogP contribution in [0.5, 0.6) is 0 Å². The van der Waals surface area contributed by atoms with Gasteiger partial charge < -0.3 is 10.1 Å². The predicted molar refractivity (Wildman–Crippen MR) is 119 cm³/mol. The largest absolute Gasteiger partial charge is 0.481 e. The number of H-pyrrole nitrogens is 1. The van der Waals surface area contributed by atoms with Crippen LogP contribution in [0.1, 0.15) is 34.8 Å². The van der Waals surface area contributed by atoms with Crippen LogP contribution in [0.15, 0.2) is 34.1 Å². The Kier molecular flexibility index (Phi) is 4.46. The number of nitrogens with one attached hydrogen (secondary N) is 1. The van der Waals surface area contributed by atoms with Crippen LogP contribution in [-0.4, -0.2) is 44.6 Å². The Balaban J connectivity index is 1.43. The number of carbonyl (C=O) groups is 3. The van der Waals surface area contributed by atoms with Crippen molar-refractivity contribution in [2.24, 2.45) is 29.6 Å². The molecule has 2 saturated carbocycles. The molecule has 2 aromatic rings. The molecule has 2 aliphatic carbocycles. The summed E-state index contributed by atoms with van der Waals surface area (Å²) < 4.78 is 0. The van der Waals surface area contributed by atoms with Crippen LogP contribution in [0.25, 0.3) is 0 Å². The zero-order chi connectivity index (χ0) is 22.3. The molecule has 1 saturated heterocycles. The minimum atomic E-state index is -1.01. The van der Waals surface area contributed by atoms with E-state index >= 15 is 0 Å². The van der Waals surface area contributed by atoms with Gasteiger partial charge in [-0.2, -0.15) is 0 Å². The summed E-state index contributed by atoms with van der Waals surface area (Å²) in [6.07, 6.45) is 0.613. The van der Waals surface area contributed by atoms with Gasteiger partial charge in [0.15, 0.2) is 0 Å². The molecule has 1 aromatic heterocycles. The lowest BCUT2D eigenvalue weighted by Crippen LogP contribution is -2.42. The van der Waals surface area contributed by atoms with Crippen molar-refractivity contribution in [3.05, 3.63) is 49.9 Å². The molecule has 1 aromatic carbocycles. The van der Waals surface area contributed by atoms with E-state index in [0.717, 1.165) is 21.9 Å². The highest BCUT2D eigenvalue weighted by Gasteiger charge is 2.69. The van der Waals surface area contributed by atoms with E-state index in [1.807, 2.05) is 12.1 Å². The lowest BCUT2D eigenvalue weighted by atomic mass is 9.67. The van der Waals surface area contributed by atoms with Gasteiger partial charge in [-0.3, -0.25) is 24.1 Å². The quantitative estimate of drug-likeness (QED) is 0.666. The second-order valence-electron chi connectivity index (χ2n) is 9.29. The number of carboxylic acids is 1. The highest BCUT2D eigenvalue weighted by molar-refractivity contribution is 8.00. The van der Waals surface area contributed by atoms with Crippen molar-refractivity contribution in [1.29, 1.82) is 0 Å². The van der Waals surface area contributed by atoms with Crippen LogP contribution in [0.3, 0.4) is 0 Å². The summed E-state index contributed by atoms with van der Waals surface area (Å²) in [6.45, 7) is 2.03. The topological polar surface area (TPSA) is 108 Å². The Hall–Kier alpha value is -2.39. The van der Waals surface area contributed by atoms with Crippen LogP contribution in [-0.2, 0) is 14.4 Å². The van der Waals surface area contributed by atoms with Crippen LogP contribution in [0.4, 0.5) is 0 Å². The van der Waals surface area contributed by atoms with Crippen molar-refractivity contribution in [1.82, 2.24) is 9.88 Å². The van der Waals surface area contributed by atoms with Crippen molar-refractivity contribution in [3.63, 3.8) is 0 Å². The molecule has 6 rings (SSSR count). The van der Waals surface area contributed by atoms with Crippen molar-refractivity contribution in [2.45, 2.75) is 36.0 Å². The minimum Gasteiger partial charge on any atom is -0.481 e. The first-order valence-corrected chi connectivity index (χ1v) is 12.6. The number of fused-ring (bicyclic) bond motifs is 9. The number of amides is 2. The molecule has 0 unspecified atom stereocenters. The molecule has 7 nitrogen and oxygen atoms in total. The van der Waals surface area contributed by atoms with E-state index in [1.165, 1.54) is 21.8 Å². The van der Waals surface area contributed by atoms with Gasteiger partial charge in [-0.05, 0) is 42.2 Å².